The van der Waals surface area contributed by atoms with Crippen LogP contribution in [-0.2, 0) is 11.3 Å². The van der Waals surface area contributed by atoms with Crippen LogP contribution in [0.5, 0.6) is 5.75 Å². The van der Waals surface area contributed by atoms with Crippen LogP contribution < -0.4 is 9.64 Å². The van der Waals surface area contributed by atoms with Crippen molar-refractivity contribution in [2.24, 2.45) is 0 Å². The first-order chi connectivity index (χ1) is 16.5. The second kappa shape index (κ2) is 9.31. The second-order valence-electron chi connectivity index (χ2n) is 9.10. The number of carbonyl (C=O) groups is 1. The molecule has 6 heteroatoms. The van der Waals surface area contributed by atoms with Gasteiger partial charge in [-0.2, -0.15) is 0 Å². The van der Waals surface area contributed by atoms with Crippen LogP contribution in [0.3, 0.4) is 0 Å². The van der Waals surface area contributed by atoms with E-state index in [0.29, 0.717) is 19.5 Å². The number of imidazole rings is 1. The minimum atomic E-state index is -0.723. The first kappa shape index (κ1) is 22.2. The van der Waals surface area contributed by atoms with Crippen molar-refractivity contribution >= 4 is 22.6 Å². The Labute approximate surface area is 199 Å². The third-order valence-corrected chi connectivity index (χ3v) is 6.27. The van der Waals surface area contributed by atoms with Gasteiger partial charge in [0.05, 0.1) is 17.6 Å². The molecular weight excluding hydrogens is 426 g/mol. The number of aromatic nitrogens is 2. The molecule has 1 aromatic heterocycles. The molecule has 0 radical (unpaired) electrons. The molecule has 2 atom stereocenters. The molecule has 1 amide bonds. The highest BCUT2D eigenvalue weighted by Crippen LogP contribution is 2.33. The SMILES string of the molecule is Cc1cc(C)cc(OC[C@H](O)Cn2c([C@H]3CC(=O)N(c4ccccc4)C3)nc3ccccc32)c1. The number of aliphatic hydroxyl groups excluding tert-OH is 1. The van der Waals surface area contributed by atoms with Gasteiger partial charge in [-0.25, -0.2) is 4.98 Å². The largest absolute Gasteiger partial charge is 0.491 e. The third kappa shape index (κ3) is 4.54. The van der Waals surface area contributed by atoms with E-state index >= 15 is 0 Å². The summed E-state index contributed by atoms with van der Waals surface area (Å²) in [5.74, 6) is 1.63. The maximum atomic E-state index is 12.8. The highest BCUT2D eigenvalue weighted by Gasteiger charge is 2.35. The van der Waals surface area contributed by atoms with Gasteiger partial charge in [0.25, 0.3) is 0 Å². The van der Waals surface area contributed by atoms with Crippen LogP contribution in [0.2, 0.25) is 0 Å². The molecule has 0 bridgehead atoms. The number of anilines is 1. The second-order valence-corrected chi connectivity index (χ2v) is 9.10. The van der Waals surface area contributed by atoms with Crippen molar-refractivity contribution in [2.45, 2.75) is 38.8 Å². The van der Waals surface area contributed by atoms with E-state index in [2.05, 4.69) is 10.6 Å². The fraction of sp³-hybridized carbons (Fsp3) is 0.286. The zero-order valence-electron chi connectivity index (χ0n) is 19.5. The average Bonchev–Trinajstić information content (AvgIpc) is 3.38. The number of ether oxygens (including phenoxy) is 1. The number of fused-ring (bicyclic) bond motifs is 1. The zero-order chi connectivity index (χ0) is 23.7. The van der Waals surface area contributed by atoms with Gasteiger partial charge in [-0.15, -0.1) is 0 Å². The summed E-state index contributed by atoms with van der Waals surface area (Å²) >= 11 is 0. The molecular formula is C28H29N3O3. The van der Waals surface area contributed by atoms with Crippen molar-refractivity contribution in [2.75, 3.05) is 18.1 Å². The van der Waals surface area contributed by atoms with Gasteiger partial charge in [0.2, 0.25) is 5.91 Å². The van der Waals surface area contributed by atoms with Crippen molar-refractivity contribution in [1.82, 2.24) is 9.55 Å². The van der Waals surface area contributed by atoms with Gasteiger partial charge in [-0.05, 0) is 61.4 Å². The molecule has 1 saturated heterocycles. The van der Waals surface area contributed by atoms with Crippen LogP contribution in [0, 0.1) is 13.8 Å². The molecule has 3 aromatic carbocycles. The van der Waals surface area contributed by atoms with Gasteiger partial charge < -0.3 is 19.3 Å². The predicted octanol–water partition coefficient (Wildman–Crippen LogP) is 4.61. The highest BCUT2D eigenvalue weighted by molar-refractivity contribution is 5.96. The Bertz CT molecular complexity index is 1290. The molecule has 6 nitrogen and oxygen atoms in total. The summed E-state index contributed by atoms with van der Waals surface area (Å²) in [5, 5.41) is 10.9. The standard InChI is InChI=1S/C28H29N3O3/c1-19-12-20(2)14-24(13-19)34-18-23(32)17-31-26-11-7-6-10-25(26)29-28(31)21-15-27(33)30(16-21)22-8-4-3-5-9-22/h3-14,21,23,32H,15-18H2,1-2H3/t21-,23+/m0/s1. The van der Waals surface area contributed by atoms with Crippen LogP contribution >= 0.6 is 0 Å². The number of hydrogen-bond donors (Lipinski definition) is 1. The van der Waals surface area contributed by atoms with Crippen LogP contribution in [0.4, 0.5) is 5.69 Å². The zero-order valence-corrected chi connectivity index (χ0v) is 19.5. The lowest BCUT2D eigenvalue weighted by Crippen LogP contribution is -2.26. The van der Waals surface area contributed by atoms with Crippen molar-refractivity contribution < 1.29 is 14.6 Å². The Morgan fingerprint density at radius 2 is 1.74 bits per heavy atom. The summed E-state index contributed by atoms with van der Waals surface area (Å²) in [7, 11) is 0. The van der Waals surface area contributed by atoms with E-state index < -0.39 is 6.10 Å². The molecule has 0 spiro atoms. The summed E-state index contributed by atoms with van der Waals surface area (Å²) in [5.41, 5.74) is 4.97. The van der Waals surface area contributed by atoms with E-state index in [1.807, 2.05) is 85.5 Å². The Morgan fingerprint density at radius 3 is 2.50 bits per heavy atom. The Hall–Kier alpha value is -3.64. The highest BCUT2D eigenvalue weighted by atomic mass is 16.5. The van der Waals surface area contributed by atoms with Gasteiger partial charge in [-0.3, -0.25) is 4.79 Å². The number of amides is 1. The van der Waals surface area contributed by atoms with Gasteiger partial charge in [0.1, 0.15) is 24.3 Å². The van der Waals surface area contributed by atoms with Gasteiger partial charge in [0, 0.05) is 24.6 Å². The molecule has 0 unspecified atom stereocenters. The van der Waals surface area contributed by atoms with Crippen LogP contribution in [0.1, 0.15) is 29.3 Å². The molecule has 5 rings (SSSR count). The first-order valence-electron chi connectivity index (χ1n) is 11.7. The monoisotopic (exact) mass is 455 g/mol. The number of benzene rings is 3. The van der Waals surface area contributed by atoms with E-state index in [1.54, 1.807) is 0 Å². The minimum Gasteiger partial charge on any atom is -0.491 e. The number of aryl methyl sites for hydroxylation is 2. The van der Waals surface area contributed by atoms with Gasteiger partial charge in [0.15, 0.2) is 0 Å². The number of carbonyl (C=O) groups excluding carboxylic acids is 1. The van der Waals surface area contributed by atoms with Crippen LogP contribution in [0.15, 0.2) is 72.8 Å². The summed E-state index contributed by atoms with van der Waals surface area (Å²) < 4.78 is 7.95. The van der Waals surface area contributed by atoms with E-state index in [4.69, 9.17) is 9.72 Å². The number of aliphatic hydroxyl groups is 1. The fourth-order valence-electron chi connectivity index (χ4n) is 4.81. The minimum absolute atomic E-state index is 0.0485. The summed E-state index contributed by atoms with van der Waals surface area (Å²) in [6, 6.07) is 23.7. The molecule has 0 saturated carbocycles. The van der Waals surface area contributed by atoms with E-state index in [0.717, 1.165) is 39.4 Å². The maximum Gasteiger partial charge on any atom is 0.227 e. The van der Waals surface area contributed by atoms with Crippen molar-refractivity contribution in [1.29, 1.82) is 0 Å². The fourth-order valence-corrected chi connectivity index (χ4v) is 4.81. The number of para-hydroxylation sites is 3. The molecule has 34 heavy (non-hydrogen) atoms. The van der Waals surface area contributed by atoms with E-state index in [-0.39, 0.29) is 18.4 Å². The molecule has 0 aliphatic carbocycles. The Kier molecular flexibility index (Phi) is 6.07. The lowest BCUT2D eigenvalue weighted by molar-refractivity contribution is -0.117. The summed E-state index contributed by atoms with van der Waals surface area (Å²) in [4.78, 5) is 19.6. The number of hydrogen-bond acceptors (Lipinski definition) is 4. The van der Waals surface area contributed by atoms with Crippen LogP contribution in [0.25, 0.3) is 11.0 Å². The van der Waals surface area contributed by atoms with E-state index in [9.17, 15) is 9.90 Å². The Morgan fingerprint density at radius 1 is 1.03 bits per heavy atom. The molecule has 1 aliphatic rings. The molecule has 1 N–H and O–H groups in total. The summed E-state index contributed by atoms with van der Waals surface area (Å²) in [6.07, 6.45) is -0.326. The molecule has 4 aromatic rings. The third-order valence-electron chi connectivity index (χ3n) is 6.27. The van der Waals surface area contributed by atoms with E-state index in [1.165, 1.54) is 0 Å². The van der Waals surface area contributed by atoms with Crippen molar-refractivity contribution in [3.05, 3.63) is 89.7 Å². The molecule has 1 aliphatic heterocycles. The number of nitrogens with zero attached hydrogens (tertiary/aromatic N) is 3. The van der Waals surface area contributed by atoms with Crippen molar-refractivity contribution in [3.63, 3.8) is 0 Å². The lowest BCUT2D eigenvalue weighted by atomic mass is 10.1. The summed E-state index contributed by atoms with van der Waals surface area (Å²) in [6.45, 7) is 5.15. The Balaban J connectivity index is 1.37. The molecule has 1 fully saturated rings. The molecule has 2 heterocycles. The topological polar surface area (TPSA) is 67.6 Å². The predicted molar refractivity (Wildman–Crippen MR) is 133 cm³/mol. The van der Waals surface area contributed by atoms with Gasteiger partial charge in [-0.1, -0.05) is 36.4 Å². The molecule has 174 valence electrons. The van der Waals surface area contributed by atoms with Gasteiger partial charge >= 0.3 is 0 Å². The lowest BCUT2D eigenvalue weighted by Gasteiger charge is -2.19. The quantitative estimate of drug-likeness (QED) is 0.442. The smallest absolute Gasteiger partial charge is 0.227 e. The number of rotatable bonds is 7. The average molecular weight is 456 g/mol. The normalized spacial score (nSPS) is 16.9. The first-order valence-corrected chi connectivity index (χ1v) is 11.7. The maximum absolute atomic E-state index is 12.8. The van der Waals surface area contributed by atoms with Crippen LogP contribution in [-0.4, -0.2) is 39.8 Å². The van der Waals surface area contributed by atoms with Crippen molar-refractivity contribution in [3.8, 4) is 5.75 Å².